The van der Waals surface area contributed by atoms with Crippen molar-refractivity contribution in [2.75, 3.05) is 19.8 Å². The molecule has 0 saturated carbocycles. The Labute approximate surface area is 136 Å². The summed E-state index contributed by atoms with van der Waals surface area (Å²) in [5, 5.41) is 3.58. The summed E-state index contributed by atoms with van der Waals surface area (Å²) in [4.78, 5) is 0. The highest BCUT2D eigenvalue weighted by Crippen LogP contribution is 2.38. The Kier molecular flexibility index (Phi) is 5.94. The minimum atomic E-state index is 0.619. The van der Waals surface area contributed by atoms with E-state index in [0.717, 1.165) is 29.1 Å². The second kappa shape index (κ2) is 7.50. The molecule has 1 heterocycles. The highest BCUT2D eigenvalue weighted by molar-refractivity contribution is 9.10. The third-order valence-electron chi connectivity index (χ3n) is 4.08. The van der Waals surface area contributed by atoms with E-state index in [-0.39, 0.29) is 0 Å². The summed E-state index contributed by atoms with van der Waals surface area (Å²) in [5.74, 6) is 3.77. The maximum atomic E-state index is 5.67. The Morgan fingerprint density at radius 1 is 1.10 bits per heavy atom. The molecule has 0 aliphatic carbocycles. The third-order valence-corrected chi connectivity index (χ3v) is 4.67. The van der Waals surface area contributed by atoms with E-state index in [2.05, 4.69) is 61.1 Å². The van der Waals surface area contributed by atoms with Crippen LogP contribution in [0.5, 0.6) is 11.5 Å². The van der Waals surface area contributed by atoms with Gasteiger partial charge in [-0.3, -0.25) is 0 Å². The fraction of sp³-hybridized carbons (Fsp3) is 0.647. The van der Waals surface area contributed by atoms with Crippen LogP contribution < -0.4 is 14.8 Å². The fourth-order valence-corrected chi connectivity index (χ4v) is 3.49. The zero-order chi connectivity index (χ0) is 15.4. The minimum absolute atomic E-state index is 0.619. The van der Waals surface area contributed by atoms with E-state index in [1.807, 2.05) is 0 Å². The summed E-state index contributed by atoms with van der Waals surface area (Å²) < 4.78 is 12.3. The Morgan fingerprint density at radius 2 is 1.76 bits per heavy atom. The number of rotatable bonds is 6. The largest absolute Gasteiger partial charge is 0.486 e. The predicted molar refractivity (Wildman–Crippen MR) is 90.0 cm³/mol. The van der Waals surface area contributed by atoms with Crippen LogP contribution in [0.25, 0.3) is 0 Å². The number of hydrogen-bond acceptors (Lipinski definition) is 3. The van der Waals surface area contributed by atoms with Gasteiger partial charge in [0.05, 0.1) is 4.47 Å². The van der Waals surface area contributed by atoms with Crippen molar-refractivity contribution < 1.29 is 9.47 Å². The molecule has 0 radical (unpaired) electrons. The van der Waals surface area contributed by atoms with Crippen molar-refractivity contribution in [1.29, 1.82) is 0 Å². The molecular formula is C17H26BrNO2. The predicted octanol–water partition coefficient (Wildman–Crippen LogP) is 4.24. The summed E-state index contributed by atoms with van der Waals surface area (Å²) in [6, 6.07) is 4.19. The van der Waals surface area contributed by atoms with Gasteiger partial charge < -0.3 is 14.8 Å². The molecule has 1 aliphatic rings. The molecule has 4 heteroatoms. The van der Waals surface area contributed by atoms with Crippen molar-refractivity contribution in [2.24, 2.45) is 17.8 Å². The van der Waals surface area contributed by atoms with Crippen molar-refractivity contribution in [3.05, 3.63) is 22.2 Å². The number of ether oxygens (including phenoxy) is 2. The van der Waals surface area contributed by atoms with E-state index in [0.29, 0.717) is 31.0 Å². The number of nitrogens with one attached hydrogen (secondary N) is 1. The third kappa shape index (κ3) is 4.36. The first-order valence-corrected chi connectivity index (χ1v) is 8.57. The van der Waals surface area contributed by atoms with Crippen LogP contribution >= 0.6 is 15.9 Å². The van der Waals surface area contributed by atoms with E-state index in [1.54, 1.807) is 0 Å². The van der Waals surface area contributed by atoms with Crippen LogP contribution in [0.1, 0.15) is 33.3 Å². The van der Waals surface area contributed by atoms with Crippen LogP contribution in [0.3, 0.4) is 0 Å². The first kappa shape index (κ1) is 16.6. The number of hydrogen-bond donors (Lipinski definition) is 1. The average molecular weight is 356 g/mol. The Balaban J connectivity index is 1.96. The van der Waals surface area contributed by atoms with Crippen LogP contribution in [-0.4, -0.2) is 19.8 Å². The number of benzene rings is 1. The molecule has 2 rings (SSSR count). The van der Waals surface area contributed by atoms with Gasteiger partial charge in [-0.1, -0.05) is 27.7 Å². The lowest BCUT2D eigenvalue weighted by Crippen LogP contribution is -2.29. The molecule has 1 aliphatic heterocycles. The number of halogens is 1. The van der Waals surface area contributed by atoms with Crippen molar-refractivity contribution >= 4 is 15.9 Å². The minimum Gasteiger partial charge on any atom is -0.486 e. The molecule has 0 fully saturated rings. The zero-order valence-corrected chi connectivity index (χ0v) is 15.0. The van der Waals surface area contributed by atoms with Gasteiger partial charge in [-0.2, -0.15) is 0 Å². The molecule has 118 valence electrons. The summed E-state index contributed by atoms with van der Waals surface area (Å²) >= 11 is 3.57. The van der Waals surface area contributed by atoms with E-state index < -0.39 is 0 Å². The quantitative estimate of drug-likeness (QED) is 0.827. The molecule has 0 spiro atoms. The number of fused-ring (bicyclic) bond motifs is 1. The Hall–Kier alpha value is -0.740. The van der Waals surface area contributed by atoms with Crippen molar-refractivity contribution in [2.45, 2.75) is 34.2 Å². The van der Waals surface area contributed by atoms with Crippen LogP contribution in [0.2, 0.25) is 0 Å². The lowest BCUT2D eigenvalue weighted by atomic mass is 9.85. The van der Waals surface area contributed by atoms with Gasteiger partial charge in [-0.25, -0.2) is 0 Å². The highest BCUT2D eigenvalue weighted by atomic mass is 79.9. The zero-order valence-electron chi connectivity index (χ0n) is 13.4. The van der Waals surface area contributed by atoms with Gasteiger partial charge in [0.25, 0.3) is 0 Å². The lowest BCUT2D eigenvalue weighted by molar-refractivity contribution is 0.170. The van der Waals surface area contributed by atoms with E-state index >= 15 is 0 Å². The normalized spacial score (nSPS) is 14.3. The fourth-order valence-electron chi connectivity index (χ4n) is 2.89. The maximum absolute atomic E-state index is 5.67. The Bertz CT molecular complexity index is 466. The second-order valence-electron chi connectivity index (χ2n) is 6.38. The van der Waals surface area contributed by atoms with Gasteiger partial charge in [0.15, 0.2) is 11.5 Å². The van der Waals surface area contributed by atoms with E-state index in [9.17, 15) is 0 Å². The second-order valence-corrected chi connectivity index (χ2v) is 7.24. The summed E-state index contributed by atoms with van der Waals surface area (Å²) in [7, 11) is 0. The SMILES string of the molecule is CC(C)C(CNCc1cc(Br)c2c(c1)OCCO2)C(C)C. The molecule has 0 atom stereocenters. The topological polar surface area (TPSA) is 30.5 Å². The molecule has 3 nitrogen and oxygen atoms in total. The van der Waals surface area contributed by atoms with Crippen LogP contribution in [-0.2, 0) is 6.54 Å². The van der Waals surface area contributed by atoms with Crippen molar-refractivity contribution in [3.8, 4) is 11.5 Å². The summed E-state index contributed by atoms with van der Waals surface area (Å²) in [6.45, 7) is 12.3. The van der Waals surface area contributed by atoms with E-state index in [1.165, 1.54) is 5.56 Å². The average Bonchev–Trinajstić information content (AvgIpc) is 2.43. The monoisotopic (exact) mass is 355 g/mol. The smallest absolute Gasteiger partial charge is 0.175 e. The molecule has 0 bridgehead atoms. The molecule has 21 heavy (non-hydrogen) atoms. The molecule has 1 N–H and O–H groups in total. The molecular weight excluding hydrogens is 330 g/mol. The van der Waals surface area contributed by atoms with Gasteiger partial charge >= 0.3 is 0 Å². The van der Waals surface area contributed by atoms with Crippen molar-refractivity contribution in [1.82, 2.24) is 5.32 Å². The summed E-state index contributed by atoms with van der Waals surface area (Å²) in [5.41, 5.74) is 1.22. The molecule has 0 saturated heterocycles. The van der Waals surface area contributed by atoms with Crippen LogP contribution in [0.4, 0.5) is 0 Å². The van der Waals surface area contributed by atoms with Crippen molar-refractivity contribution in [3.63, 3.8) is 0 Å². The van der Waals surface area contributed by atoms with Crippen LogP contribution in [0, 0.1) is 17.8 Å². The van der Waals surface area contributed by atoms with Gasteiger partial charge in [0.2, 0.25) is 0 Å². The first-order chi connectivity index (χ1) is 9.99. The first-order valence-electron chi connectivity index (χ1n) is 7.77. The molecule has 0 unspecified atom stereocenters. The molecule has 1 aromatic carbocycles. The van der Waals surface area contributed by atoms with Gasteiger partial charge in [0, 0.05) is 6.54 Å². The Morgan fingerprint density at radius 3 is 2.43 bits per heavy atom. The standard InChI is InChI=1S/C17H26BrNO2/c1-11(2)14(12(3)4)10-19-9-13-7-15(18)17-16(8-13)20-5-6-21-17/h7-8,11-12,14,19H,5-6,9-10H2,1-4H3. The molecule has 1 aromatic rings. The van der Waals surface area contributed by atoms with Gasteiger partial charge in [-0.05, 0) is 57.9 Å². The van der Waals surface area contributed by atoms with Gasteiger partial charge in [-0.15, -0.1) is 0 Å². The summed E-state index contributed by atoms with van der Waals surface area (Å²) in [6.07, 6.45) is 0. The molecule has 0 aromatic heterocycles. The van der Waals surface area contributed by atoms with E-state index in [4.69, 9.17) is 9.47 Å². The van der Waals surface area contributed by atoms with Crippen LogP contribution in [0.15, 0.2) is 16.6 Å². The van der Waals surface area contributed by atoms with Gasteiger partial charge in [0.1, 0.15) is 13.2 Å². The lowest BCUT2D eigenvalue weighted by Gasteiger charge is -2.25. The highest BCUT2D eigenvalue weighted by Gasteiger charge is 2.18. The molecule has 0 amide bonds. The maximum Gasteiger partial charge on any atom is 0.175 e.